The van der Waals surface area contributed by atoms with Gasteiger partial charge in [0.15, 0.2) is 6.61 Å². The Labute approximate surface area is 190 Å². The van der Waals surface area contributed by atoms with Gasteiger partial charge in [0, 0.05) is 12.7 Å². The van der Waals surface area contributed by atoms with Crippen LogP contribution in [-0.4, -0.2) is 64.7 Å². The number of hydrogen-bond donors (Lipinski definition) is 1. The van der Waals surface area contributed by atoms with Crippen LogP contribution in [0.25, 0.3) is 5.69 Å². The van der Waals surface area contributed by atoms with Crippen molar-refractivity contribution in [1.82, 2.24) is 19.7 Å². The highest BCUT2D eigenvalue weighted by Gasteiger charge is 2.31. The van der Waals surface area contributed by atoms with Crippen LogP contribution in [0.1, 0.15) is 5.56 Å². The molecule has 1 aromatic heterocycles. The lowest BCUT2D eigenvalue weighted by Crippen LogP contribution is -2.37. The normalized spacial score (nSPS) is 16.9. The maximum atomic E-state index is 13.1. The van der Waals surface area contributed by atoms with Crippen LogP contribution in [0.2, 0.25) is 0 Å². The molecule has 0 bridgehead atoms. The summed E-state index contributed by atoms with van der Waals surface area (Å²) in [7, 11) is -3.56. The molecule has 1 aromatic carbocycles. The summed E-state index contributed by atoms with van der Waals surface area (Å²) in [6.07, 6.45) is 1.70. The number of sulfonamides is 1. The summed E-state index contributed by atoms with van der Waals surface area (Å²) in [5, 5.41) is 6.13. The molecule has 0 spiro atoms. The lowest BCUT2D eigenvalue weighted by molar-refractivity contribution is -0.143. The van der Waals surface area contributed by atoms with Crippen LogP contribution >= 0.6 is 0 Å². The van der Waals surface area contributed by atoms with Gasteiger partial charge < -0.3 is 15.0 Å². The number of rotatable bonds is 5. The van der Waals surface area contributed by atoms with Crippen molar-refractivity contribution in [2.75, 3.05) is 24.2 Å². The molecule has 1 amide bonds. The number of nitrogens with one attached hydrogen (secondary N) is 1. The monoisotopic (exact) mass is 496 g/mol. The molecule has 3 heterocycles. The lowest BCUT2D eigenvalue weighted by Gasteiger charge is -2.26. The topological polar surface area (TPSA) is 136 Å². The summed E-state index contributed by atoms with van der Waals surface area (Å²) in [4.78, 5) is 29.8. The van der Waals surface area contributed by atoms with Gasteiger partial charge in [-0.05, 0) is 30.4 Å². The maximum Gasteiger partial charge on any atom is 0.416 e. The van der Waals surface area contributed by atoms with Gasteiger partial charge in [-0.1, -0.05) is 0 Å². The molecule has 0 saturated heterocycles. The zero-order valence-corrected chi connectivity index (χ0v) is 17.9. The summed E-state index contributed by atoms with van der Waals surface area (Å²) < 4.78 is 72.2. The third kappa shape index (κ3) is 5.14. The molecule has 0 aliphatic carbocycles. The van der Waals surface area contributed by atoms with Gasteiger partial charge in [0.1, 0.15) is 18.5 Å². The highest BCUT2D eigenvalue weighted by atomic mass is 32.2. The van der Waals surface area contributed by atoms with Crippen molar-refractivity contribution in [3.63, 3.8) is 0 Å². The number of amidine groups is 1. The number of benzene rings is 1. The zero-order chi connectivity index (χ0) is 24.5. The first-order valence-corrected chi connectivity index (χ1v) is 11.2. The van der Waals surface area contributed by atoms with E-state index in [0.717, 1.165) is 22.9 Å². The number of carbonyl (C=O) groups excluding carboxylic acids is 2. The van der Waals surface area contributed by atoms with E-state index in [-0.39, 0.29) is 35.1 Å². The van der Waals surface area contributed by atoms with Gasteiger partial charge in [0.2, 0.25) is 0 Å². The van der Waals surface area contributed by atoms with E-state index in [1.165, 1.54) is 35.9 Å². The standard InChI is InChI=1S/C19H15F3N6O5S/c20-19(21,22)13-2-3-15(28-11-23-10-24-28)14(7-13)25-17(29)9-33-18(30)12-1-4-16-26-34(31,32)6-5-27(16)8-12/h1-4,7-8,10-11H,5-6,9H2,(H,25,29). The number of carbonyl (C=O) groups is 2. The van der Waals surface area contributed by atoms with Gasteiger partial charge in [-0.3, -0.25) is 4.79 Å². The number of fused-ring (bicyclic) bond motifs is 1. The minimum Gasteiger partial charge on any atom is -0.452 e. The van der Waals surface area contributed by atoms with Crippen LogP contribution in [0.5, 0.6) is 0 Å². The van der Waals surface area contributed by atoms with Gasteiger partial charge in [-0.15, -0.1) is 4.40 Å². The Morgan fingerprint density at radius 3 is 2.71 bits per heavy atom. The average molecular weight is 496 g/mol. The molecule has 2 aliphatic heterocycles. The Morgan fingerprint density at radius 2 is 2.00 bits per heavy atom. The quantitative estimate of drug-likeness (QED) is 0.612. The number of esters is 1. The van der Waals surface area contributed by atoms with Crippen molar-refractivity contribution in [2.45, 2.75) is 6.18 Å². The van der Waals surface area contributed by atoms with Crippen molar-refractivity contribution in [1.29, 1.82) is 0 Å². The van der Waals surface area contributed by atoms with Crippen LogP contribution in [-0.2, 0) is 30.5 Å². The van der Waals surface area contributed by atoms with E-state index in [1.807, 2.05) is 0 Å². The molecule has 34 heavy (non-hydrogen) atoms. The van der Waals surface area contributed by atoms with Crippen LogP contribution < -0.4 is 5.32 Å². The van der Waals surface area contributed by atoms with Crippen molar-refractivity contribution in [3.8, 4) is 5.69 Å². The molecule has 15 heteroatoms. The van der Waals surface area contributed by atoms with Crippen molar-refractivity contribution in [3.05, 3.63) is 60.3 Å². The predicted octanol–water partition coefficient (Wildman–Crippen LogP) is 1.27. The van der Waals surface area contributed by atoms with E-state index in [9.17, 15) is 31.2 Å². The highest BCUT2D eigenvalue weighted by molar-refractivity contribution is 7.90. The first-order chi connectivity index (χ1) is 16.0. The van der Waals surface area contributed by atoms with E-state index in [4.69, 9.17) is 4.74 Å². The second-order valence-electron chi connectivity index (χ2n) is 7.04. The molecule has 0 fully saturated rings. The minimum atomic E-state index is -4.65. The molecule has 2 aliphatic rings. The number of hydrogen-bond acceptors (Lipinski definition) is 8. The van der Waals surface area contributed by atoms with Gasteiger partial charge in [-0.2, -0.15) is 18.3 Å². The minimum absolute atomic E-state index is 0.0356. The summed E-state index contributed by atoms with van der Waals surface area (Å²) >= 11 is 0. The van der Waals surface area contributed by atoms with Gasteiger partial charge in [-0.25, -0.2) is 22.9 Å². The number of alkyl halides is 3. The van der Waals surface area contributed by atoms with Crippen molar-refractivity contribution >= 4 is 33.4 Å². The molecule has 1 N–H and O–H groups in total. The molecular formula is C19H15F3N6O5S. The molecule has 0 unspecified atom stereocenters. The predicted molar refractivity (Wildman–Crippen MR) is 111 cm³/mol. The summed E-state index contributed by atoms with van der Waals surface area (Å²) in [6.45, 7) is -0.699. The fourth-order valence-electron chi connectivity index (χ4n) is 3.07. The molecule has 0 saturated carbocycles. The highest BCUT2D eigenvalue weighted by Crippen LogP contribution is 2.33. The fraction of sp³-hybridized carbons (Fsp3) is 0.211. The van der Waals surface area contributed by atoms with E-state index in [2.05, 4.69) is 19.8 Å². The van der Waals surface area contributed by atoms with E-state index < -0.39 is 40.2 Å². The van der Waals surface area contributed by atoms with Crippen molar-refractivity contribution in [2.24, 2.45) is 4.40 Å². The van der Waals surface area contributed by atoms with Crippen LogP contribution in [0.15, 0.2) is 59.2 Å². The summed E-state index contributed by atoms with van der Waals surface area (Å²) in [5.74, 6) is -1.86. The Bertz CT molecular complexity index is 1330. The number of nitrogens with zero attached hydrogens (tertiary/aromatic N) is 5. The van der Waals surface area contributed by atoms with Gasteiger partial charge in [0.05, 0.1) is 28.3 Å². The second-order valence-corrected chi connectivity index (χ2v) is 8.80. The van der Waals surface area contributed by atoms with Crippen LogP contribution in [0.3, 0.4) is 0 Å². The Kier molecular flexibility index (Phi) is 5.95. The zero-order valence-electron chi connectivity index (χ0n) is 17.1. The average Bonchev–Trinajstić information content (AvgIpc) is 3.30. The maximum absolute atomic E-state index is 13.1. The third-order valence-corrected chi connectivity index (χ3v) is 5.82. The second kappa shape index (κ2) is 8.74. The van der Waals surface area contributed by atoms with E-state index in [0.29, 0.717) is 0 Å². The first-order valence-electron chi connectivity index (χ1n) is 9.54. The van der Waals surface area contributed by atoms with Gasteiger partial charge in [0.25, 0.3) is 15.9 Å². The SMILES string of the molecule is O=C(COC(=O)C1=CN2CCS(=O)(=O)N=C2C=C1)Nc1cc(C(F)(F)F)ccc1-n1cncn1. The van der Waals surface area contributed by atoms with E-state index in [1.54, 1.807) is 0 Å². The molecule has 11 nitrogen and oxygen atoms in total. The number of aromatic nitrogens is 3. The molecule has 0 radical (unpaired) electrons. The number of ether oxygens (including phenoxy) is 1. The van der Waals surface area contributed by atoms with Crippen LogP contribution in [0, 0.1) is 0 Å². The molecule has 4 rings (SSSR count). The van der Waals surface area contributed by atoms with Crippen LogP contribution in [0.4, 0.5) is 18.9 Å². The Morgan fingerprint density at radius 1 is 1.21 bits per heavy atom. The molecule has 178 valence electrons. The number of amides is 1. The smallest absolute Gasteiger partial charge is 0.416 e. The largest absolute Gasteiger partial charge is 0.452 e. The molecule has 2 aromatic rings. The molecule has 0 atom stereocenters. The molecular weight excluding hydrogens is 481 g/mol. The number of anilines is 1. The summed E-state index contributed by atoms with van der Waals surface area (Å²) in [6, 6.07) is 2.68. The number of halogens is 3. The fourth-order valence-corrected chi connectivity index (χ4v) is 4.04. The Hall–Kier alpha value is -4.01. The van der Waals surface area contributed by atoms with Crippen molar-refractivity contribution < 1.29 is 35.9 Å². The third-order valence-electron chi connectivity index (χ3n) is 4.66. The lowest BCUT2D eigenvalue weighted by atomic mass is 10.1. The summed E-state index contributed by atoms with van der Waals surface area (Å²) in [5.41, 5.74) is -1.06. The van der Waals surface area contributed by atoms with Gasteiger partial charge >= 0.3 is 12.1 Å². The Balaban J connectivity index is 1.44. The van der Waals surface area contributed by atoms with E-state index >= 15 is 0 Å². The first kappa shape index (κ1) is 23.2.